The first-order valence-corrected chi connectivity index (χ1v) is 2.48. The third-order valence-electron chi connectivity index (χ3n) is 1.06. The van der Waals surface area contributed by atoms with E-state index < -0.39 is 24.0 Å². The molecule has 0 bridgehead atoms. The number of carboxylic acids is 1. The minimum absolute atomic E-state index is 0. The first-order chi connectivity index (χ1) is 5.44. The van der Waals surface area contributed by atoms with Crippen LogP contribution < -0.4 is 56.5 Å². The summed E-state index contributed by atoms with van der Waals surface area (Å²) in [7, 11) is 0. The van der Waals surface area contributed by atoms with Gasteiger partial charge in [0.2, 0.25) is 0 Å². The molecule has 0 amide bonds. The van der Waals surface area contributed by atoms with E-state index in [0.717, 1.165) is 0 Å². The number of carboxylic acid groups (broad SMARTS) is 1. The Kier molecular flexibility index (Phi) is 5.64. The zero-order valence-electron chi connectivity index (χ0n) is 6.46. The van der Waals surface area contributed by atoms with Crippen LogP contribution in [0.3, 0.4) is 0 Å². The summed E-state index contributed by atoms with van der Waals surface area (Å²) in [5.41, 5.74) is -6.32. The van der Waals surface area contributed by atoms with Gasteiger partial charge in [-0.15, -0.1) is 0 Å². The van der Waals surface area contributed by atoms with Gasteiger partial charge in [0.05, 0.1) is 5.97 Å². The molecule has 0 spiro atoms. The monoisotopic (exact) mass is 252 g/mol. The Morgan fingerprint density at radius 1 is 0.857 bits per heavy atom. The van der Waals surface area contributed by atoms with Crippen molar-refractivity contribution in [3.8, 4) is 0 Å². The van der Waals surface area contributed by atoms with Crippen molar-refractivity contribution in [3.05, 3.63) is 0 Å². The second-order valence-electron chi connectivity index (χ2n) is 1.94. The minimum Gasteiger partial charge on any atom is -0.546 e. The van der Waals surface area contributed by atoms with Gasteiger partial charge in [-0.25, -0.2) is 4.39 Å². The van der Waals surface area contributed by atoms with Crippen molar-refractivity contribution in [2.75, 3.05) is 0 Å². The third kappa shape index (κ3) is 2.81. The zero-order chi connectivity index (χ0) is 11.1. The number of alkyl halides is 7. The number of carbonyl (C=O) groups is 1. The quantitative estimate of drug-likeness (QED) is 0.385. The topological polar surface area (TPSA) is 40.1 Å². The molecule has 0 saturated carbocycles. The Labute approximate surface area is 115 Å². The molecular weight excluding hydrogens is 252 g/mol. The maximum Gasteiger partial charge on any atom is 1.00 e. The van der Waals surface area contributed by atoms with Gasteiger partial charge in [-0.2, -0.15) is 26.3 Å². The molecule has 0 aliphatic rings. The van der Waals surface area contributed by atoms with Crippen LogP contribution in [0.2, 0.25) is 0 Å². The van der Waals surface area contributed by atoms with Crippen LogP contribution in [0.5, 0.6) is 0 Å². The molecule has 0 aliphatic carbocycles. The molecule has 0 unspecified atom stereocenters. The Morgan fingerprint density at radius 3 is 1.07 bits per heavy atom. The molecule has 0 rings (SSSR count). The van der Waals surface area contributed by atoms with Gasteiger partial charge in [0.1, 0.15) is 0 Å². The second-order valence-corrected chi connectivity index (χ2v) is 1.94. The molecule has 0 aromatic rings. The van der Waals surface area contributed by atoms with Crippen molar-refractivity contribution >= 4 is 5.97 Å². The standard InChI is InChI=1S/C4HF7O2.K/c5-2(1(12)13,3(6,7)8)4(9,10)11;/h(H,12,13);/q;+1/p-1. The van der Waals surface area contributed by atoms with Crippen LogP contribution in [0.25, 0.3) is 0 Å². The van der Waals surface area contributed by atoms with E-state index in [9.17, 15) is 40.6 Å². The summed E-state index contributed by atoms with van der Waals surface area (Å²) in [5.74, 6) is -3.88. The van der Waals surface area contributed by atoms with Crippen LogP contribution >= 0.6 is 0 Å². The summed E-state index contributed by atoms with van der Waals surface area (Å²) in [6.45, 7) is 0. The van der Waals surface area contributed by atoms with Crippen molar-refractivity contribution in [2.45, 2.75) is 18.0 Å². The second kappa shape index (κ2) is 4.64. The molecule has 10 heteroatoms. The summed E-state index contributed by atoms with van der Waals surface area (Å²) in [4.78, 5) is 9.39. The Hall–Kier alpha value is 0.616. The van der Waals surface area contributed by atoms with E-state index >= 15 is 0 Å². The third-order valence-corrected chi connectivity index (χ3v) is 1.06. The number of rotatable bonds is 1. The van der Waals surface area contributed by atoms with E-state index in [-0.39, 0.29) is 51.4 Å². The number of hydrogen-bond acceptors (Lipinski definition) is 2. The first kappa shape index (κ1) is 17.0. The predicted octanol–water partition coefficient (Wildman–Crippen LogP) is -2.43. The van der Waals surface area contributed by atoms with Gasteiger partial charge in [-0.1, -0.05) is 0 Å². The molecule has 0 aromatic heterocycles. The van der Waals surface area contributed by atoms with Crippen molar-refractivity contribution in [1.29, 1.82) is 0 Å². The number of hydrogen-bond donors (Lipinski definition) is 0. The van der Waals surface area contributed by atoms with E-state index in [0.29, 0.717) is 0 Å². The number of halogens is 7. The Bertz CT molecular complexity index is 205. The summed E-state index contributed by atoms with van der Waals surface area (Å²) < 4.78 is 80.0. The fraction of sp³-hybridized carbons (Fsp3) is 0.750. The van der Waals surface area contributed by atoms with E-state index in [1.165, 1.54) is 0 Å². The average molecular weight is 252 g/mol. The molecule has 0 heterocycles. The molecule has 0 saturated heterocycles. The molecule has 14 heavy (non-hydrogen) atoms. The first-order valence-electron chi connectivity index (χ1n) is 2.48. The van der Waals surface area contributed by atoms with E-state index in [4.69, 9.17) is 0 Å². The van der Waals surface area contributed by atoms with Crippen molar-refractivity contribution in [1.82, 2.24) is 0 Å². The Balaban J connectivity index is 0. The fourth-order valence-electron chi connectivity index (χ4n) is 0.392. The molecule has 0 fully saturated rings. The van der Waals surface area contributed by atoms with Crippen LogP contribution in [0, 0.1) is 0 Å². The van der Waals surface area contributed by atoms with Crippen LogP contribution in [0.4, 0.5) is 30.7 Å². The van der Waals surface area contributed by atoms with Crippen LogP contribution in [-0.4, -0.2) is 24.0 Å². The molecule has 0 radical (unpaired) electrons. The zero-order valence-corrected chi connectivity index (χ0v) is 9.59. The fourth-order valence-corrected chi connectivity index (χ4v) is 0.392. The SMILES string of the molecule is O=C([O-])C(F)(C(F)(F)F)C(F)(F)F.[K+]. The van der Waals surface area contributed by atoms with Gasteiger partial charge in [-0.3, -0.25) is 0 Å². The van der Waals surface area contributed by atoms with Gasteiger partial charge >= 0.3 is 69.4 Å². The van der Waals surface area contributed by atoms with Crippen LogP contribution in [-0.2, 0) is 4.79 Å². The van der Waals surface area contributed by atoms with E-state index in [2.05, 4.69) is 0 Å². The average Bonchev–Trinajstić information content (AvgIpc) is 1.80. The normalized spacial score (nSPS) is 13.4. The molecule has 0 atom stereocenters. The van der Waals surface area contributed by atoms with Gasteiger partial charge in [0, 0.05) is 0 Å². The van der Waals surface area contributed by atoms with Crippen molar-refractivity contribution in [2.24, 2.45) is 0 Å². The number of carbonyl (C=O) groups excluding carboxylic acids is 1. The van der Waals surface area contributed by atoms with E-state index in [1.807, 2.05) is 0 Å². The van der Waals surface area contributed by atoms with Gasteiger partial charge in [-0.05, 0) is 0 Å². The summed E-state index contributed by atoms with van der Waals surface area (Å²) in [6, 6.07) is 0. The minimum atomic E-state index is -6.59. The predicted molar refractivity (Wildman–Crippen MR) is 21.0 cm³/mol. The largest absolute Gasteiger partial charge is 1.00 e. The van der Waals surface area contributed by atoms with Crippen LogP contribution in [0.1, 0.15) is 0 Å². The van der Waals surface area contributed by atoms with Gasteiger partial charge < -0.3 is 9.90 Å². The Morgan fingerprint density at radius 2 is 1.07 bits per heavy atom. The molecule has 0 N–H and O–H groups in total. The molecule has 78 valence electrons. The van der Waals surface area contributed by atoms with Crippen molar-refractivity contribution in [3.63, 3.8) is 0 Å². The molecule has 2 nitrogen and oxygen atoms in total. The molecule has 0 aromatic carbocycles. The van der Waals surface area contributed by atoms with Gasteiger partial charge in [0.15, 0.2) is 0 Å². The maximum absolute atomic E-state index is 12.0. The maximum atomic E-state index is 12.0. The summed E-state index contributed by atoms with van der Waals surface area (Å²) >= 11 is 0. The molecule has 0 aliphatic heterocycles. The number of aliphatic carboxylic acids is 1. The van der Waals surface area contributed by atoms with E-state index in [1.54, 1.807) is 0 Å². The van der Waals surface area contributed by atoms with Gasteiger partial charge in [0.25, 0.3) is 0 Å². The van der Waals surface area contributed by atoms with Crippen molar-refractivity contribution < 1.29 is 92.0 Å². The smallest absolute Gasteiger partial charge is 0.546 e. The molecular formula is C4F7KO2. The summed E-state index contributed by atoms with van der Waals surface area (Å²) in [5, 5.41) is 9.39. The summed E-state index contributed by atoms with van der Waals surface area (Å²) in [6.07, 6.45) is -13.2. The van der Waals surface area contributed by atoms with Crippen LogP contribution in [0.15, 0.2) is 0 Å².